The Morgan fingerprint density at radius 3 is 2.72 bits per heavy atom. The van der Waals surface area contributed by atoms with Crippen LogP contribution in [-0.4, -0.2) is 39.5 Å². The SMILES string of the molecule is CCOCCS(=O)(=O)NC1(CN)CCCCC1C. The summed E-state index contributed by atoms with van der Waals surface area (Å²) in [5, 5.41) is 0. The van der Waals surface area contributed by atoms with E-state index in [1.165, 1.54) is 0 Å². The van der Waals surface area contributed by atoms with Crippen LogP contribution in [0.3, 0.4) is 0 Å². The second kappa shape index (κ2) is 6.84. The molecule has 0 saturated heterocycles. The maximum absolute atomic E-state index is 12.0. The number of hydrogen-bond acceptors (Lipinski definition) is 4. The van der Waals surface area contributed by atoms with Gasteiger partial charge >= 0.3 is 0 Å². The smallest absolute Gasteiger partial charge is 0.214 e. The lowest BCUT2D eigenvalue weighted by Gasteiger charge is -2.42. The van der Waals surface area contributed by atoms with Crippen LogP contribution in [0.1, 0.15) is 39.5 Å². The fourth-order valence-electron chi connectivity index (χ4n) is 2.58. The minimum Gasteiger partial charge on any atom is -0.381 e. The van der Waals surface area contributed by atoms with Crippen molar-refractivity contribution in [2.45, 2.75) is 45.1 Å². The van der Waals surface area contributed by atoms with Gasteiger partial charge in [-0.05, 0) is 25.7 Å². The van der Waals surface area contributed by atoms with Gasteiger partial charge in [0.05, 0.1) is 12.4 Å². The molecule has 108 valence electrons. The van der Waals surface area contributed by atoms with E-state index in [1.54, 1.807) is 0 Å². The molecule has 0 aliphatic heterocycles. The van der Waals surface area contributed by atoms with Gasteiger partial charge in [-0.25, -0.2) is 13.1 Å². The summed E-state index contributed by atoms with van der Waals surface area (Å²) in [6.45, 7) is 5.07. The van der Waals surface area contributed by atoms with Gasteiger partial charge in [-0.15, -0.1) is 0 Å². The van der Waals surface area contributed by atoms with Crippen LogP contribution in [0.25, 0.3) is 0 Å². The first-order valence-corrected chi connectivity index (χ1v) is 8.40. The van der Waals surface area contributed by atoms with E-state index in [2.05, 4.69) is 11.6 Å². The Morgan fingerprint density at radius 2 is 2.17 bits per heavy atom. The zero-order valence-corrected chi connectivity index (χ0v) is 12.3. The Bertz CT molecular complexity index is 345. The topological polar surface area (TPSA) is 81.4 Å². The fraction of sp³-hybridized carbons (Fsp3) is 1.00. The van der Waals surface area contributed by atoms with Crippen molar-refractivity contribution in [3.05, 3.63) is 0 Å². The Labute approximate surface area is 111 Å². The largest absolute Gasteiger partial charge is 0.381 e. The Kier molecular flexibility index (Phi) is 6.04. The van der Waals surface area contributed by atoms with Gasteiger partial charge in [0.15, 0.2) is 0 Å². The summed E-state index contributed by atoms with van der Waals surface area (Å²) >= 11 is 0. The number of rotatable bonds is 7. The highest BCUT2D eigenvalue weighted by Gasteiger charge is 2.39. The molecule has 0 bridgehead atoms. The molecule has 0 aromatic heterocycles. The maximum Gasteiger partial charge on any atom is 0.214 e. The van der Waals surface area contributed by atoms with Gasteiger partial charge in [0.25, 0.3) is 0 Å². The maximum atomic E-state index is 12.0. The van der Waals surface area contributed by atoms with Crippen LogP contribution in [0.4, 0.5) is 0 Å². The number of ether oxygens (including phenoxy) is 1. The molecule has 0 aromatic rings. The molecule has 5 nitrogen and oxygen atoms in total. The predicted molar refractivity (Wildman–Crippen MR) is 72.8 cm³/mol. The van der Waals surface area contributed by atoms with Gasteiger partial charge in [-0.2, -0.15) is 0 Å². The third kappa shape index (κ3) is 4.19. The summed E-state index contributed by atoms with van der Waals surface area (Å²) in [7, 11) is -3.31. The first-order chi connectivity index (χ1) is 8.46. The van der Waals surface area contributed by atoms with Gasteiger partial charge in [0.1, 0.15) is 0 Å². The molecule has 0 aromatic carbocycles. The van der Waals surface area contributed by atoms with E-state index in [1.807, 2.05) is 6.92 Å². The summed E-state index contributed by atoms with van der Waals surface area (Å²) < 4.78 is 32.0. The lowest BCUT2D eigenvalue weighted by atomic mass is 9.74. The molecule has 3 N–H and O–H groups in total. The monoisotopic (exact) mass is 278 g/mol. The average Bonchev–Trinajstić information content (AvgIpc) is 2.32. The van der Waals surface area contributed by atoms with Crippen LogP contribution < -0.4 is 10.5 Å². The van der Waals surface area contributed by atoms with Gasteiger partial charge in [-0.3, -0.25) is 0 Å². The van der Waals surface area contributed by atoms with E-state index in [0.717, 1.165) is 25.7 Å². The van der Waals surface area contributed by atoms with E-state index in [-0.39, 0.29) is 18.3 Å². The molecule has 1 aliphatic carbocycles. The highest BCUT2D eigenvalue weighted by Crippen LogP contribution is 2.33. The minimum absolute atomic E-state index is 0.00924. The summed E-state index contributed by atoms with van der Waals surface area (Å²) in [6, 6.07) is 0. The second-order valence-electron chi connectivity index (χ2n) is 5.12. The lowest BCUT2D eigenvalue weighted by molar-refractivity contribution is 0.161. The van der Waals surface area contributed by atoms with Crippen molar-refractivity contribution in [1.82, 2.24) is 4.72 Å². The molecule has 0 heterocycles. The molecule has 1 saturated carbocycles. The summed E-state index contributed by atoms with van der Waals surface area (Å²) in [4.78, 5) is 0. The molecule has 2 unspecified atom stereocenters. The number of hydrogen-bond donors (Lipinski definition) is 2. The fourth-order valence-corrected chi connectivity index (χ4v) is 4.03. The van der Waals surface area contributed by atoms with Crippen molar-refractivity contribution < 1.29 is 13.2 Å². The van der Waals surface area contributed by atoms with Crippen molar-refractivity contribution >= 4 is 10.0 Å². The summed E-state index contributed by atoms with van der Waals surface area (Å²) in [5.41, 5.74) is 5.38. The van der Waals surface area contributed by atoms with E-state index < -0.39 is 15.6 Å². The number of nitrogens with one attached hydrogen (secondary N) is 1. The Balaban J connectivity index is 2.66. The molecule has 0 spiro atoms. The minimum atomic E-state index is -3.31. The van der Waals surface area contributed by atoms with Crippen LogP contribution >= 0.6 is 0 Å². The van der Waals surface area contributed by atoms with Crippen LogP contribution in [0.2, 0.25) is 0 Å². The van der Waals surface area contributed by atoms with Crippen molar-refractivity contribution in [3.63, 3.8) is 0 Å². The van der Waals surface area contributed by atoms with Crippen molar-refractivity contribution in [2.24, 2.45) is 11.7 Å². The van der Waals surface area contributed by atoms with E-state index in [4.69, 9.17) is 10.5 Å². The normalized spacial score (nSPS) is 29.4. The molecule has 1 aliphatic rings. The van der Waals surface area contributed by atoms with Crippen LogP contribution in [-0.2, 0) is 14.8 Å². The molecule has 6 heteroatoms. The standard InChI is InChI=1S/C12H26N2O3S/c1-3-17-8-9-18(15,16)14-12(10-13)7-5-4-6-11(12)2/h11,14H,3-10,13H2,1-2H3. The van der Waals surface area contributed by atoms with Crippen LogP contribution in [0.5, 0.6) is 0 Å². The molecular weight excluding hydrogens is 252 g/mol. The molecule has 0 amide bonds. The van der Waals surface area contributed by atoms with Gasteiger partial charge < -0.3 is 10.5 Å². The number of nitrogens with two attached hydrogens (primary N) is 1. The summed E-state index contributed by atoms with van der Waals surface area (Å²) in [5.74, 6) is 0.299. The van der Waals surface area contributed by atoms with Gasteiger partial charge in [-0.1, -0.05) is 19.8 Å². The van der Waals surface area contributed by atoms with Gasteiger partial charge in [0.2, 0.25) is 10.0 Å². The summed E-state index contributed by atoms with van der Waals surface area (Å²) in [6.07, 6.45) is 4.06. The molecule has 1 fully saturated rings. The molecular formula is C12H26N2O3S. The average molecular weight is 278 g/mol. The highest BCUT2D eigenvalue weighted by molar-refractivity contribution is 7.89. The Morgan fingerprint density at radius 1 is 1.44 bits per heavy atom. The molecule has 18 heavy (non-hydrogen) atoms. The zero-order chi connectivity index (χ0) is 13.6. The first-order valence-electron chi connectivity index (χ1n) is 6.75. The van der Waals surface area contributed by atoms with E-state index in [0.29, 0.717) is 13.2 Å². The first kappa shape index (κ1) is 15.9. The molecule has 0 radical (unpaired) electrons. The van der Waals surface area contributed by atoms with Crippen molar-refractivity contribution in [3.8, 4) is 0 Å². The van der Waals surface area contributed by atoms with Gasteiger partial charge in [0, 0.05) is 18.7 Å². The third-order valence-corrected chi connectivity index (χ3v) is 5.30. The third-order valence-electron chi connectivity index (χ3n) is 3.88. The highest BCUT2D eigenvalue weighted by atomic mass is 32.2. The molecule has 1 rings (SSSR count). The molecule has 2 atom stereocenters. The van der Waals surface area contributed by atoms with Crippen molar-refractivity contribution in [1.29, 1.82) is 0 Å². The predicted octanol–water partition coefficient (Wildman–Crippen LogP) is 0.850. The van der Waals surface area contributed by atoms with E-state index in [9.17, 15) is 8.42 Å². The second-order valence-corrected chi connectivity index (χ2v) is 6.97. The number of sulfonamides is 1. The van der Waals surface area contributed by atoms with Crippen LogP contribution in [0.15, 0.2) is 0 Å². The van der Waals surface area contributed by atoms with E-state index >= 15 is 0 Å². The van der Waals surface area contributed by atoms with Crippen molar-refractivity contribution in [2.75, 3.05) is 25.5 Å². The van der Waals surface area contributed by atoms with Crippen LogP contribution in [0, 0.1) is 5.92 Å². The zero-order valence-electron chi connectivity index (χ0n) is 11.4. The quantitative estimate of drug-likeness (QED) is 0.676. The Hall–Kier alpha value is -0.170. The lowest BCUT2D eigenvalue weighted by Crippen LogP contribution is -2.59.